The molecule has 0 saturated carbocycles. The molecule has 0 amide bonds. The first-order valence-corrected chi connectivity index (χ1v) is 6.11. The third kappa shape index (κ3) is 3.66. The molecule has 0 atom stereocenters. The van der Waals surface area contributed by atoms with Gasteiger partial charge in [0.1, 0.15) is 12.4 Å². The standard InChI is InChI=1S/C16H16O3/c1-12(18)15-3-2-4-16(9-15)19-11-14-7-5-13(10-17)6-8-14/h2-9,17H,10-11H2,1H3. The molecule has 0 heterocycles. The quantitative estimate of drug-likeness (QED) is 0.837. The molecule has 0 aliphatic rings. The van der Waals surface area contributed by atoms with Crippen LogP contribution >= 0.6 is 0 Å². The molecule has 0 aliphatic carbocycles. The Kier molecular flexibility index (Phi) is 4.31. The van der Waals surface area contributed by atoms with Crippen LogP contribution in [-0.4, -0.2) is 10.9 Å². The van der Waals surface area contributed by atoms with Crippen LogP contribution in [0.25, 0.3) is 0 Å². The lowest BCUT2D eigenvalue weighted by Crippen LogP contribution is -1.98. The van der Waals surface area contributed by atoms with Crippen molar-refractivity contribution in [2.24, 2.45) is 0 Å². The third-order valence-corrected chi connectivity index (χ3v) is 2.85. The molecule has 0 radical (unpaired) electrons. The zero-order chi connectivity index (χ0) is 13.7. The van der Waals surface area contributed by atoms with Gasteiger partial charge in [0, 0.05) is 5.56 Å². The predicted octanol–water partition coefficient (Wildman–Crippen LogP) is 2.96. The third-order valence-electron chi connectivity index (χ3n) is 2.85. The van der Waals surface area contributed by atoms with Crippen LogP contribution in [0.15, 0.2) is 48.5 Å². The van der Waals surface area contributed by atoms with E-state index in [1.807, 2.05) is 30.3 Å². The van der Waals surface area contributed by atoms with Gasteiger partial charge in [-0.1, -0.05) is 36.4 Å². The predicted molar refractivity (Wildman–Crippen MR) is 73.1 cm³/mol. The van der Waals surface area contributed by atoms with Crippen molar-refractivity contribution >= 4 is 5.78 Å². The van der Waals surface area contributed by atoms with Gasteiger partial charge in [-0.05, 0) is 30.2 Å². The Labute approximate surface area is 112 Å². The van der Waals surface area contributed by atoms with Gasteiger partial charge < -0.3 is 9.84 Å². The van der Waals surface area contributed by atoms with E-state index in [4.69, 9.17) is 9.84 Å². The molecule has 0 aromatic heterocycles. The smallest absolute Gasteiger partial charge is 0.159 e. The largest absolute Gasteiger partial charge is 0.489 e. The summed E-state index contributed by atoms with van der Waals surface area (Å²) < 4.78 is 5.64. The summed E-state index contributed by atoms with van der Waals surface area (Å²) in [6.07, 6.45) is 0. The molecular formula is C16H16O3. The summed E-state index contributed by atoms with van der Waals surface area (Å²) >= 11 is 0. The average molecular weight is 256 g/mol. The van der Waals surface area contributed by atoms with Crippen LogP contribution < -0.4 is 4.74 Å². The molecule has 0 bridgehead atoms. The number of ether oxygens (including phenoxy) is 1. The molecule has 19 heavy (non-hydrogen) atoms. The fourth-order valence-electron chi connectivity index (χ4n) is 1.71. The minimum atomic E-state index is 0.0257. The van der Waals surface area contributed by atoms with E-state index in [1.165, 1.54) is 6.92 Å². The zero-order valence-electron chi connectivity index (χ0n) is 10.8. The van der Waals surface area contributed by atoms with Crippen LogP contribution in [0.5, 0.6) is 5.75 Å². The Bertz CT molecular complexity index is 558. The number of carbonyl (C=O) groups is 1. The second-order valence-corrected chi connectivity index (χ2v) is 4.35. The number of carbonyl (C=O) groups excluding carboxylic acids is 1. The van der Waals surface area contributed by atoms with Crippen molar-refractivity contribution < 1.29 is 14.6 Å². The maximum atomic E-state index is 11.3. The van der Waals surface area contributed by atoms with E-state index in [0.717, 1.165) is 11.1 Å². The van der Waals surface area contributed by atoms with E-state index in [0.29, 0.717) is 17.9 Å². The van der Waals surface area contributed by atoms with Gasteiger partial charge in [0.05, 0.1) is 6.61 Å². The highest BCUT2D eigenvalue weighted by atomic mass is 16.5. The number of aliphatic hydroxyl groups excluding tert-OH is 1. The van der Waals surface area contributed by atoms with E-state index < -0.39 is 0 Å². The highest BCUT2D eigenvalue weighted by molar-refractivity contribution is 5.94. The van der Waals surface area contributed by atoms with E-state index in [2.05, 4.69) is 0 Å². The van der Waals surface area contributed by atoms with E-state index in [-0.39, 0.29) is 12.4 Å². The van der Waals surface area contributed by atoms with Crippen molar-refractivity contribution in [3.8, 4) is 5.75 Å². The van der Waals surface area contributed by atoms with Gasteiger partial charge in [0.15, 0.2) is 5.78 Å². The number of rotatable bonds is 5. The highest BCUT2D eigenvalue weighted by Gasteiger charge is 2.01. The number of Topliss-reactive ketones (excluding diaryl/α,β-unsaturated/α-hetero) is 1. The molecule has 0 spiro atoms. The number of hydrogen-bond acceptors (Lipinski definition) is 3. The van der Waals surface area contributed by atoms with Crippen LogP contribution in [-0.2, 0) is 13.2 Å². The van der Waals surface area contributed by atoms with Gasteiger partial charge in [-0.15, -0.1) is 0 Å². The molecule has 0 saturated heterocycles. The molecule has 98 valence electrons. The highest BCUT2D eigenvalue weighted by Crippen LogP contribution is 2.16. The van der Waals surface area contributed by atoms with Crippen molar-refractivity contribution in [2.45, 2.75) is 20.1 Å². The number of ketones is 1. The topological polar surface area (TPSA) is 46.5 Å². The Hall–Kier alpha value is -2.13. The van der Waals surface area contributed by atoms with Crippen LogP contribution in [0.1, 0.15) is 28.4 Å². The van der Waals surface area contributed by atoms with Gasteiger partial charge >= 0.3 is 0 Å². The minimum absolute atomic E-state index is 0.0257. The number of hydrogen-bond donors (Lipinski definition) is 1. The van der Waals surface area contributed by atoms with Gasteiger partial charge in [-0.25, -0.2) is 0 Å². The molecular weight excluding hydrogens is 240 g/mol. The lowest BCUT2D eigenvalue weighted by molar-refractivity contribution is 0.101. The summed E-state index contributed by atoms with van der Waals surface area (Å²) in [7, 11) is 0. The first-order chi connectivity index (χ1) is 9.19. The zero-order valence-corrected chi connectivity index (χ0v) is 10.8. The minimum Gasteiger partial charge on any atom is -0.489 e. The first kappa shape index (κ1) is 13.3. The Morgan fingerprint density at radius 3 is 2.42 bits per heavy atom. The second-order valence-electron chi connectivity index (χ2n) is 4.35. The summed E-state index contributed by atoms with van der Waals surface area (Å²) in [6, 6.07) is 14.7. The van der Waals surface area contributed by atoms with Gasteiger partial charge in [0.25, 0.3) is 0 Å². The second kappa shape index (κ2) is 6.16. The van der Waals surface area contributed by atoms with Crippen molar-refractivity contribution in [3.05, 3.63) is 65.2 Å². The SMILES string of the molecule is CC(=O)c1cccc(OCc2ccc(CO)cc2)c1. The monoisotopic (exact) mass is 256 g/mol. The normalized spacial score (nSPS) is 10.2. The van der Waals surface area contributed by atoms with Gasteiger partial charge in [-0.3, -0.25) is 4.79 Å². The molecule has 0 unspecified atom stereocenters. The molecule has 2 aromatic rings. The maximum absolute atomic E-state index is 11.3. The number of benzene rings is 2. The summed E-state index contributed by atoms with van der Waals surface area (Å²) in [6.45, 7) is 2.02. The summed E-state index contributed by atoms with van der Waals surface area (Å²) in [4.78, 5) is 11.3. The average Bonchev–Trinajstić information content (AvgIpc) is 2.46. The van der Waals surface area contributed by atoms with Gasteiger partial charge in [-0.2, -0.15) is 0 Å². The summed E-state index contributed by atoms with van der Waals surface area (Å²) in [5.74, 6) is 0.705. The number of aliphatic hydroxyl groups is 1. The van der Waals surface area contributed by atoms with Crippen LogP contribution in [0.2, 0.25) is 0 Å². The molecule has 1 N–H and O–H groups in total. The van der Waals surface area contributed by atoms with Crippen molar-refractivity contribution in [3.63, 3.8) is 0 Å². The van der Waals surface area contributed by atoms with Crippen molar-refractivity contribution in [1.29, 1.82) is 0 Å². The van der Waals surface area contributed by atoms with E-state index in [1.54, 1.807) is 18.2 Å². The summed E-state index contributed by atoms with van der Waals surface area (Å²) in [5.41, 5.74) is 2.54. The van der Waals surface area contributed by atoms with Crippen molar-refractivity contribution in [1.82, 2.24) is 0 Å². The van der Waals surface area contributed by atoms with Gasteiger partial charge in [0.2, 0.25) is 0 Å². The molecule has 2 rings (SSSR count). The molecule has 0 fully saturated rings. The Balaban J connectivity index is 2.01. The fraction of sp³-hybridized carbons (Fsp3) is 0.188. The lowest BCUT2D eigenvalue weighted by atomic mass is 10.1. The Morgan fingerprint density at radius 2 is 1.79 bits per heavy atom. The van der Waals surface area contributed by atoms with Crippen LogP contribution in [0, 0.1) is 0 Å². The summed E-state index contributed by atoms with van der Waals surface area (Å²) in [5, 5.41) is 8.96. The van der Waals surface area contributed by atoms with Crippen LogP contribution in [0.4, 0.5) is 0 Å². The fourth-order valence-corrected chi connectivity index (χ4v) is 1.71. The first-order valence-electron chi connectivity index (χ1n) is 6.11. The van der Waals surface area contributed by atoms with Crippen LogP contribution in [0.3, 0.4) is 0 Å². The lowest BCUT2D eigenvalue weighted by Gasteiger charge is -2.07. The maximum Gasteiger partial charge on any atom is 0.159 e. The Morgan fingerprint density at radius 1 is 1.11 bits per heavy atom. The molecule has 3 heteroatoms. The molecule has 2 aromatic carbocycles. The van der Waals surface area contributed by atoms with E-state index >= 15 is 0 Å². The van der Waals surface area contributed by atoms with Crippen molar-refractivity contribution in [2.75, 3.05) is 0 Å². The molecule has 0 aliphatic heterocycles. The van der Waals surface area contributed by atoms with E-state index in [9.17, 15) is 4.79 Å². The molecule has 3 nitrogen and oxygen atoms in total.